The average Bonchev–Trinajstić information content (AvgIpc) is 3.28. The Morgan fingerprint density at radius 3 is 2.68 bits per heavy atom. The number of thiazole rings is 1. The van der Waals surface area contributed by atoms with Crippen LogP contribution in [0.4, 0.5) is 5.69 Å². The molecule has 0 spiro atoms. The second kappa shape index (κ2) is 6.49. The number of para-hydroxylation sites is 1. The Kier molecular flexibility index (Phi) is 4.03. The predicted molar refractivity (Wildman–Crippen MR) is 100 cm³/mol. The van der Waals surface area contributed by atoms with Crippen LogP contribution < -0.4 is 5.32 Å². The van der Waals surface area contributed by atoms with E-state index < -0.39 is 0 Å². The molecule has 1 amide bonds. The third-order valence-electron chi connectivity index (χ3n) is 4.02. The summed E-state index contributed by atoms with van der Waals surface area (Å²) in [4.78, 5) is 17.0. The van der Waals surface area contributed by atoms with Gasteiger partial charge in [0.25, 0.3) is 0 Å². The quantitative estimate of drug-likeness (QED) is 0.600. The number of hydrogen-bond donors (Lipinski definition) is 1. The first kappa shape index (κ1) is 15.5. The van der Waals surface area contributed by atoms with Gasteiger partial charge in [-0.1, -0.05) is 53.8 Å². The fraction of sp³-hybridized carbons (Fsp3) is 0.105. The maximum atomic E-state index is 12.4. The van der Waals surface area contributed by atoms with Crippen LogP contribution in [0.15, 0.2) is 67.0 Å². The zero-order chi connectivity index (χ0) is 17.2. The fourth-order valence-electron chi connectivity index (χ4n) is 2.59. The number of anilines is 1. The fourth-order valence-corrected chi connectivity index (χ4v) is 3.49. The van der Waals surface area contributed by atoms with Gasteiger partial charge in [-0.05, 0) is 24.6 Å². The molecule has 0 aliphatic heterocycles. The van der Waals surface area contributed by atoms with E-state index >= 15 is 0 Å². The molecule has 0 bridgehead atoms. The summed E-state index contributed by atoms with van der Waals surface area (Å²) in [6.07, 6.45) is 3.43. The van der Waals surface area contributed by atoms with Gasteiger partial charge in [0.05, 0.1) is 34.2 Å². The second-order valence-corrected chi connectivity index (χ2v) is 6.77. The van der Waals surface area contributed by atoms with Crippen LogP contribution in [0.25, 0.3) is 15.3 Å². The van der Waals surface area contributed by atoms with Crippen LogP contribution in [0.5, 0.6) is 0 Å². The van der Waals surface area contributed by atoms with Gasteiger partial charge in [0.2, 0.25) is 11.0 Å². The lowest BCUT2D eigenvalue weighted by Crippen LogP contribution is -2.18. The third kappa shape index (κ3) is 3.16. The molecule has 0 saturated heterocycles. The summed E-state index contributed by atoms with van der Waals surface area (Å²) in [7, 11) is 0. The number of carbonyl (C=O) groups excluding carboxylic acids is 1. The van der Waals surface area contributed by atoms with E-state index in [0.717, 1.165) is 20.9 Å². The number of nitrogens with one attached hydrogen (secondary N) is 1. The maximum Gasteiger partial charge on any atom is 0.231 e. The standard InChI is InChI=1S/C19H16N4OS/c1-13(14-7-3-2-4-8-14)18(24)21-15-11-20-23(12-15)19-22-16-9-5-6-10-17(16)25-19/h2-13H,1H3,(H,21,24)/t13-/m0/s1. The molecule has 25 heavy (non-hydrogen) atoms. The molecule has 0 fully saturated rings. The molecule has 5 nitrogen and oxygen atoms in total. The van der Waals surface area contributed by atoms with Gasteiger partial charge in [0.1, 0.15) is 0 Å². The van der Waals surface area contributed by atoms with E-state index in [-0.39, 0.29) is 11.8 Å². The van der Waals surface area contributed by atoms with Crippen LogP contribution >= 0.6 is 11.3 Å². The number of carbonyl (C=O) groups is 1. The normalized spacial score (nSPS) is 12.2. The van der Waals surface area contributed by atoms with Crippen molar-refractivity contribution in [2.75, 3.05) is 5.32 Å². The number of fused-ring (bicyclic) bond motifs is 1. The van der Waals surface area contributed by atoms with Crippen molar-refractivity contribution in [1.29, 1.82) is 0 Å². The first-order valence-corrected chi connectivity index (χ1v) is 8.79. The zero-order valence-corrected chi connectivity index (χ0v) is 14.4. The summed E-state index contributed by atoms with van der Waals surface area (Å²) in [5, 5.41) is 8.01. The SMILES string of the molecule is C[C@H](C(=O)Nc1cnn(-c2nc3ccccc3s2)c1)c1ccccc1. The molecule has 0 saturated carbocycles. The Hall–Kier alpha value is -2.99. The van der Waals surface area contributed by atoms with Gasteiger partial charge in [0, 0.05) is 0 Å². The molecular weight excluding hydrogens is 332 g/mol. The van der Waals surface area contributed by atoms with Crippen molar-refractivity contribution < 1.29 is 4.79 Å². The highest BCUT2D eigenvalue weighted by molar-refractivity contribution is 7.20. The molecule has 124 valence electrons. The molecular formula is C19H16N4OS. The van der Waals surface area contributed by atoms with E-state index in [1.807, 2.05) is 61.5 Å². The molecule has 0 unspecified atom stereocenters. The van der Waals surface area contributed by atoms with E-state index in [1.165, 1.54) is 0 Å². The van der Waals surface area contributed by atoms with Crippen LogP contribution in [0, 0.1) is 0 Å². The molecule has 1 atom stereocenters. The van der Waals surface area contributed by atoms with Crippen LogP contribution in [-0.2, 0) is 4.79 Å². The average molecular weight is 348 g/mol. The number of rotatable bonds is 4. The van der Waals surface area contributed by atoms with E-state index in [4.69, 9.17) is 0 Å². The smallest absolute Gasteiger partial charge is 0.231 e. The van der Waals surface area contributed by atoms with Gasteiger partial charge in [-0.25, -0.2) is 9.67 Å². The predicted octanol–water partition coefficient (Wildman–Crippen LogP) is 4.22. The van der Waals surface area contributed by atoms with Gasteiger partial charge < -0.3 is 5.32 Å². The minimum atomic E-state index is -0.230. The minimum Gasteiger partial charge on any atom is -0.323 e. The first-order chi connectivity index (χ1) is 12.2. The summed E-state index contributed by atoms with van der Waals surface area (Å²) >= 11 is 1.56. The van der Waals surface area contributed by atoms with Crippen LogP contribution in [0.2, 0.25) is 0 Å². The Bertz CT molecular complexity index is 989. The number of nitrogens with zero attached hydrogens (tertiary/aromatic N) is 3. The molecule has 4 aromatic rings. The van der Waals surface area contributed by atoms with E-state index in [0.29, 0.717) is 5.69 Å². The van der Waals surface area contributed by atoms with Crippen molar-refractivity contribution in [3.63, 3.8) is 0 Å². The molecule has 2 aromatic carbocycles. The summed E-state index contributed by atoms with van der Waals surface area (Å²) in [5.41, 5.74) is 2.59. The number of hydrogen-bond acceptors (Lipinski definition) is 4. The van der Waals surface area contributed by atoms with Crippen molar-refractivity contribution in [3.05, 3.63) is 72.6 Å². The highest BCUT2D eigenvalue weighted by Gasteiger charge is 2.16. The Labute approximate surface area is 149 Å². The van der Waals surface area contributed by atoms with Crippen LogP contribution in [-0.4, -0.2) is 20.7 Å². The van der Waals surface area contributed by atoms with Gasteiger partial charge >= 0.3 is 0 Å². The lowest BCUT2D eigenvalue weighted by molar-refractivity contribution is -0.117. The number of amides is 1. The van der Waals surface area contributed by atoms with Crippen molar-refractivity contribution >= 4 is 33.1 Å². The van der Waals surface area contributed by atoms with Gasteiger partial charge in [-0.2, -0.15) is 5.10 Å². The Balaban J connectivity index is 1.52. The van der Waals surface area contributed by atoms with Crippen molar-refractivity contribution in [2.45, 2.75) is 12.8 Å². The van der Waals surface area contributed by atoms with Crippen molar-refractivity contribution in [3.8, 4) is 5.13 Å². The summed E-state index contributed by atoms with van der Waals surface area (Å²) in [6.45, 7) is 1.89. The van der Waals surface area contributed by atoms with Crippen molar-refractivity contribution in [1.82, 2.24) is 14.8 Å². The van der Waals surface area contributed by atoms with E-state index in [1.54, 1.807) is 28.4 Å². The van der Waals surface area contributed by atoms with Gasteiger partial charge in [-0.3, -0.25) is 4.79 Å². The summed E-state index contributed by atoms with van der Waals surface area (Å²) in [5.74, 6) is -0.290. The zero-order valence-electron chi connectivity index (χ0n) is 13.6. The number of aromatic nitrogens is 3. The third-order valence-corrected chi connectivity index (χ3v) is 5.05. The van der Waals surface area contributed by atoms with Crippen LogP contribution in [0.3, 0.4) is 0 Å². The molecule has 0 aliphatic rings. The minimum absolute atomic E-state index is 0.0601. The topological polar surface area (TPSA) is 59.8 Å². The monoisotopic (exact) mass is 348 g/mol. The highest BCUT2D eigenvalue weighted by atomic mass is 32.1. The lowest BCUT2D eigenvalue weighted by atomic mass is 10.0. The lowest BCUT2D eigenvalue weighted by Gasteiger charge is -2.11. The van der Waals surface area contributed by atoms with Crippen molar-refractivity contribution in [2.24, 2.45) is 0 Å². The van der Waals surface area contributed by atoms with Gasteiger partial charge in [0.15, 0.2) is 0 Å². The second-order valence-electron chi connectivity index (χ2n) is 5.76. The molecule has 2 aromatic heterocycles. The van der Waals surface area contributed by atoms with E-state index in [2.05, 4.69) is 15.4 Å². The van der Waals surface area contributed by atoms with E-state index in [9.17, 15) is 4.79 Å². The molecule has 6 heteroatoms. The molecule has 4 rings (SSSR count). The molecule has 0 radical (unpaired) electrons. The molecule has 2 heterocycles. The first-order valence-electron chi connectivity index (χ1n) is 7.97. The largest absolute Gasteiger partial charge is 0.323 e. The Morgan fingerprint density at radius 2 is 1.88 bits per heavy atom. The maximum absolute atomic E-state index is 12.4. The number of benzene rings is 2. The molecule has 1 N–H and O–H groups in total. The van der Waals surface area contributed by atoms with Gasteiger partial charge in [-0.15, -0.1) is 0 Å². The Morgan fingerprint density at radius 1 is 1.12 bits per heavy atom. The summed E-state index contributed by atoms with van der Waals surface area (Å²) in [6, 6.07) is 17.7. The molecule has 0 aliphatic carbocycles. The van der Waals surface area contributed by atoms with Crippen LogP contribution in [0.1, 0.15) is 18.4 Å². The summed E-state index contributed by atoms with van der Waals surface area (Å²) < 4.78 is 2.80. The highest BCUT2D eigenvalue weighted by Crippen LogP contribution is 2.25.